The maximum absolute atomic E-state index is 13.0. The minimum Gasteiger partial charge on any atom is -0.386 e. The minimum atomic E-state index is -1.30. The molecule has 0 radical (unpaired) electrons. The average molecular weight is 190 g/mol. The van der Waals surface area contributed by atoms with Crippen molar-refractivity contribution in [3.63, 3.8) is 0 Å². The molecule has 4 heteroatoms. The zero-order valence-corrected chi connectivity index (χ0v) is 7.56. The number of aliphatic hydroxyl groups is 1. The van der Waals surface area contributed by atoms with Crippen molar-refractivity contribution in [2.24, 2.45) is 0 Å². The Kier molecular flexibility index (Phi) is 2.35. The smallest absolute Gasteiger partial charge is 0.220 e. The molecule has 0 aliphatic rings. The van der Waals surface area contributed by atoms with E-state index in [1.54, 1.807) is 0 Å². The lowest BCUT2D eigenvalue weighted by molar-refractivity contribution is 0.0737. The van der Waals surface area contributed by atoms with Gasteiger partial charge in [0, 0.05) is 6.20 Å². The highest BCUT2D eigenvalue weighted by Gasteiger charge is 2.24. The third kappa shape index (κ3) is 1.73. The average Bonchev–Trinajstić information content (AvgIpc) is 1.82. The molecule has 1 rings (SSSR count). The topological polar surface area (TPSA) is 33.1 Å². The number of halogens is 2. The zero-order chi connectivity index (χ0) is 9.35. The van der Waals surface area contributed by atoms with Crippen molar-refractivity contribution >= 4 is 11.6 Å². The number of nitrogens with zero attached hydrogens (tertiary/aromatic N) is 1. The Morgan fingerprint density at radius 3 is 2.50 bits per heavy atom. The first kappa shape index (κ1) is 9.42. The van der Waals surface area contributed by atoms with Crippen molar-refractivity contribution in [3.8, 4) is 0 Å². The summed E-state index contributed by atoms with van der Waals surface area (Å²) < 4.78 is 13.0. The molecular formula is C8H9ClFNO. The van der Waals surface area contributed by atoms with Gasteiger partial charge in [-0.25, -0.2) is 4.98 Å². The van der Waals surface area contributed by atoms with Crippen LogP contribution in [0.4, 0.5) is 4.39 Å². The maximum atomic E-state index is 13.0. The van der Waals surface area contributed by atoms with Gasteiger partial charge in [-0.05, 0) is 19.9 Å². The molecule has 0 fully saturated rings. The molecular weight excluding hydrogens is 181 g/mol. The Balaban J connectivity index is 3.31. The van der Waals surface area contributed by atoms with E-state index in [0.717, 1.165) is 0 Å². The summed E-state index contributed by atoms with van der Waals surface area (Å²) in [5.41, 5.74) is -1.26. The van der Waals surface area contributed by atoms with E-state index in [1.165, 1.54) is 26.1 Å². The normalized spacial score (nSPS) is 11.8. The van der Waals surface area contributed by atoms with Gasteiger partial charge in [-0.15, -0.1) is 0 Å². The van der Waals surface area contributed by atoms with Crippen molar-refractivity contribution in [1.82, 2.24) is 4.98 Å². The quantitative estimate of drug-likeness (QED) is 0.687. The van der Waals surface area contributed by atoms with Crippen molar-refractivity contribution in [1.29, 1.82) is 0 Å². The summed E-state index contributed by atoms with van der Waals surface area (Å²) in [6.07, 6.45) is 1.26. The van der Waals surface area contributed by atoms with Crippen LogP contribution in [0.15, 0.2) is 12.3 Å². The predicted octanol–water partition coefficient (Wildman–Crippen LogP) is 2.10. The Morgan fingerprint density at radius 1 is 1.58 bits per heavy atom. The van der Waals surface area contributed by atoms with Crippen molar-refractivity contribution < 1.29 is 9.50 Å². The number of pyridine rings is 1. The predicted molar refractivity (Wildman–Crippen MR) is 44.4 cm³/mol. The Bertz CT molecular complexity index is 275. The maximum Gasteiger partial charge on any atom is 0.220 e. The number of rotatable bonds is 1. The van der Waals surface area contributed by atoms with Crippen molar-refractivity contribution in [3.05, 3.63) is 28.8 Å². The van der Waals surface area contributed by atoms with E-state index in [1.807, 2.05) is 0 Å². The molecule has 0 aliphatic heterocycles. The van der Waals surface area contributed by atoms with Crippen LogP contribution in [0, 0.1) is 5.95 Å². The lowest BCUT2D eigenvalue weighted by atomic mass is 10.0. The summed E-state index contributed by atoms with van der Waals surface area (Å²) in [4.78, 5) is 3.40. The van der Waals surface area contributed by atoms with Crippen LogP contribution < -0.4 is 0 Å². The van der Waals surface area contributed by atoms with Crippen molar-refractivity contribution in [2.75, 3.05) is 0 Å². The van der Waals surface area contributed by atoms with Crippen molar-refractivity contribution in [2.45, 2.75) is 19.4 Å². The highest BCUT2D eigenvalue weighted by Crippen LogP contribution is 2.28. The number of hydrogen-bond donors (Lipinski definition) is 1. The Morgan fingerprint density at radius 2 is 2.17 bits per heavy atom. The summed E-state index contributed by atoms with van der Waals surface area (Å²) >= 11 is 5.67. The molecule has 0 aromatic carbocycles. The van der Waals surface area contributed by atoms with E-state index >= 15 is 0 Å². The SMILES string of the molecule is CC(C)(O)c1c(Cl)ccnc1F. The molecule has 0 amide bonds. The van der Waals surface area contributed by atoms with Crippen LogP contribution in [0.5, 0.6) is 0 Å². The van der Waals surface area contributed by atoms with Gasteiger partial charge in [-0.2, -0.15) is 4.39 Å². The van der Waals surface area contributed by atoms with Gasteiger partial charge in [0.05, 0.1) is 16.2 Å². The second-order valence-electron chi connectivity index (χ2n) is 3.02. The van der Waals surface area contributed by atoms with E-state index in [0.29, 0.717) is 0 Å². The first-order chi connectivity index (χ1) is 5.43. The van der Waals surface area contributed by atoms with E-state index in [-0.39, 0.29) is 10.6 Å². The first-order valence-electron chi connectivity index (χ1n) is 3.46. The van der Waals surface area contributed by atoms with Gasteiger partial charge in [0.25, 0.3) is 0 Å². The first-order valence-corrected chi connectivity index (χ1v) is 3.83. The molecule has 1 aromatic rings. The highest BCUT2D eigenvalue weighted by atomic mass is 35.5. The molecule has 0 bridgehead atoms. The fourth-order valence-electron chi connectivity index (χ4n) is 0.959. The largest absolute Gasteiger partial charge is 0.386 e. The summed E-state index contributed by atoms with van der Waals surface area (Å²) in [5, 5.41) is 9.68. The van der Waals surface area contributed by atoms with Gasteiger partial charge in [-0.1, -0.05) is 11.6 Å². The van der Waals surface area contributed by atoms with E-state index in [9.17, 15) is 9.50 Å². The standard InChI is InChI=1S/C8H9ClFNO/c1-8(2,12)6-5(9)3-4-11-7(6)10/h3-4,12H,1-2H3. The van der Waals surface area contributed by atoms with E-state index < -0.39 is 11.5 Å². The molecule has 1 N–H and O–H groups in total. The van der Waals surface area contributed by atoms with Crippen LogP contribution >= 0.6 is 11.6 Å². The van der Waals surface area contributed by atoms with Crippen LogP contribution in [0.1, 0.15) is 19.4 Å². The zero-order valence-electron chi connectivity index (χ0n) is 6.81. The molecule has 0 atom stereocenters. The third-order valence-electron chi connectivity index (χ3n) is 1.47. The van der Waals surface area contributed by atoms with E-state index in [2.05, 4.69) is 4.98 Å². The monoisotopic (exact) mass is 189 g/mol. The molecule has 1 aromatic heterocycles. The molecule has 0 spiro atoms. The molecule has 0 saturated heterocycles. The van der Waals surface area contributed by atoms with Gasteiger partial charge in [0.2, 0.25) is 5.95 Å². The molecule has 0 aliphatic carbocycles. The van der Waals surface area contributed by atoms with Crippen LogP contribution in [0.25, 0.3) is 0 Å². The summed E-state index contributed by atoms with van der Waals surface area (Å²) in [5.74, 6) is -0.727. The fourth-order valence-corrected chi connectivity index (χ4v) is 1.32. The van der Waals surface area contributed by atoms with Crippen LogP contribution in [0.3, 0.4) is 0 Å². The number of aromatic nitrogens is 1. The van der Waals surface area contributed by atoms with Crippen LogP contribution in [0.2, 0.25) is 5.02 Å². The Hall–Kier alpha value is -0.670. The molecule has 2 nitrogen and oxygen atoms in total. The molecule has 66 valence electrons. The summed E-state index contributed by atoms with van der Waals surface area (Å²) in [6.45, 7) is 2.91. The minimum absolute atomic E-state index is 0.0340. The van der Waals surface area contributed by atoms with Gasteiger partial charge in [0.15, 0.2) is 0 Å². The van der Waals surface area contributed by atoms with Gasteiger partial charge in [0.1, 0.15) is 0 Å². The Labute approximate surface area is 75.0 Å². The molecule has 0 saturated carbocycles. The van der Waals surface area contributed by atoms with E-state index in [4.69, 9.17) is 11.6 Å². The highest BCUT2D eigenvalue weighted by molar-refractivity contribution is 6.31. The fraction of sp³-hybridized carbons (Fsp3) is 0.375. The van der Waals surface area contributed by atoms with Crippen LogP contribution in [-0.4, -0.2) is 10.1 Å². The third-order valence-corrected chi connectivity index (χ3v) is 1.78. The molecule has 0 unspecified atom stereocenters. The summed E-state index contributed by atoms with van der Waals surface area (Å²) in [7, 11) is 0. The second-order valence-corrected chi connectivity index (χ2v) is 3.42. The number of hydrogen-bond acceptors (Lipinski definition) is 2. The molecule has 1 heterocycles. The van der Waals surface area contributed by atoms with Gasteiger partial charge < -0.3 is 5.11 Å². The van der Waals surface area contributed by atoms with Gasteiger partial charge in [-0.3, -0.25) is 0 Å². The van der Waals surface area contributed by atoms with Gasteiger partial charge >= 0.3 is 0 Å². The lowest BCUT2D eigenvalue weighted by Crippen LogP contribution is -2.18. The molecule has 12 heavy (non-hydrogen) atoms. The summed E-state index contributed by atoms with van der Waals surface area (Å²) in [6, 6.07) is 1.44. The lowest BCUT2D eigenvalue weighted by Gasteiger charge is -2.18. The second kappa shape index (κ2) is 2.99. The van der Waals surface area contributed by atoms with Crippen LogP contribution in [-0.2, 0) is 5.60 Å².